The molecule has 2 rings (SSSR count). The molecule has 4 heteroatoms. The summed E-state index contributed by atoms with van der Waals surface area (Å²) in [4.78, 5) is 2.42. The highest BCUT2D eigenvalue weighted by atomic mass is 35.5. The molecule has 1 saturated heterocycles. The van der Waals surface area contributed by atoms with Crippen LogP contribution in [0.4, 0.5) is 0 Å². The van der Waals surface area contributed by atoms with Gasteiger partial charge in [0.25, 0.3) is 0 Å². The summed E-state index contributed by atoms with van der Waals surface area (Å²) in [6.45, 7) is 3.91. The van der Waals surface area contributed by atoms with Crippen LogP contribution in [-0.4, -0.2) is 42.4 Å². The second kappa shape index (κ2) is 7.85. The normalized spacial score (nSPS) is 17.8. The number of rotatable bonds is 6. The van der Waals surface area contributed by atoms with E-state index in [2.05, 4.69) is 11.0 Å². The van der Waals surface area contributed by atoms with E-state index >= 15 is 0 Å². The maximum absolute atomic E-state index is 8.73. The topological polar surface area (TPSA) is 32.7 Å². The van der Waals surface area contributed by atoms with Gasteiger partial charge in [0.05, 0.1) is 6.10 Å². The molecule has 106 valence electrons. The number of halogens is 1. The first-order valence-electron chi connectivity index (χ1n) is 6.98. The fraction of sp³-hybridized carbons (Fsp3) is 0.600. The number of nitrogens with zero attached hydrogens (tertiary/aromatic N) is 1. The zero-order valence-corrected chi connectivity index (χ0v) is 12.0. The number of ether oxygens (including phenoxy) is 1. The molecule has 1 aromatic rings. The highest BCUT2D eigenvalue weighted by molar-refractivity contribution is 6.31. The van der Waals surface area contributed by atoms with Gasteiger partial charge in [-0.1, -0.05) is 29.8 Å². The largest absolute Gasteiger partial charge is 0.396 e. The summed E-state index contributed by atoms with van der Waals surface area (Å²) in [5, 5.41) is 9.58. The summed E-state index contributed by atoms with van der Waals surface area (Å²) in [6.07, 6.45) is 3.22. The molecule has 0 bridgehead atoms. The van der Waals surface area contributed by atoms with Crippen molar-refractivity contribution in [2.24, 2.45) is 0 Å². The number of piperidine rings is 1. The zero-order valence-electron chi connectivity index (χ0n) is 11.2. The maximum atomic E-state index is 8.73. The van der Waals surface area contributed by atoms with E-state index in [0.717, 1.165) is 43.9 Å². The quantitative estimate of drug-likeness (QED) is 0.815. The number of aliphatic hydroxyl groups is 1. The van der Waals surface area contributed by atoms with Crippen LogP contribution in [0.5, 0.6) is 0 Å². The fourth-order valence-electron chi connectivity index (χ4n) is 2.42. The lowest BCUT2D eigenvalue weighted by molar-refractivity contribution is 0.000792. The third kappa shape index (κ3) is 4.77. The minimum Gasteiger partial charge on any atom is -0.396 e. The van der Waals surface area contributed by atoms with Crippen LogP contribution in [0.1, 0.15) is 24.8 Å². The standard InChI is InChI=1S/C15H22ClNO2/c16-15-5-2-1-4-13(15)12-17-8-6-14(7-9-17)19-11-3-10-18/h1-2,4-5,14,18H,3,6-12H2. The lowest BCUT2D eigenvalue weighted by atomic mass is 10.1. The van der Waals surface area contributed by atoms with E-state index in [1.165, 1.54) is 5.56 Å². The van der Waals surface area contributed by atoms with Gasteiger partial charge in [-0.2, -0.15) is 0 Å². The first-order chi connectivity index (χ1) is 9.29. The van der Waals surface area contributed by atoms with Gasteiger partial charge in [-0.25, -0.2) is 0 Å². The van der Waals surface area contributed by atoms with Gasteiger partial charge in [0.15, 0.2) is 0 Å². The summed E-state index contributed by atoms with van der Waals surface area (Å²) in [5.74, 6) is 0. The Kier molecular flexibility index (Phi) is 6.11. The van der Waals surface area contributed by atoms with Crippen LogP contribution in [0.3, 0.4) is 0 Å². The van der Waals surface area contributed by atoms with E-state index in [9.17, 15) is 0 Å². The van der Waals surface area contributed by atoms with E-state index in [1.54, 1.807) is 0 Å². The van der Waals surface area contributed by atoms with Crippen molar-refractivity contribution in [2.45, 2.75) is 31.9 Å². The molecule has 0 saturated carbocycles. The molecule has 1 heterocycles. The first kappa shape index (κ1) is 14.8. The molecule has 0 aromatic heterocycles. The van der Waals surface area contributed by atoms with Crippen molar-refractivity contribution >= 4 is 11.6 Å². The smallest absolute Gasteiger partial charge is 0.0599 e. The van der Waals surface area contributed by atoms with E-state index in [0.29, 0.717) is 12.7 Å². The number of benzene rings is 1. The monoisotopic (exact) mass is 283 g/mol. The van der Waals surface area contributed by atoms with Gasteiger partial charge >= 0.3 is 0 Å². The van der Waals surface area contributed by atoms with E-state index < -0.39 is 0 Å². The van der Waals surface area contributed by atoms with Crippen LogP contribution in [0, 0.1) is 0 Å². The molecule has 0 radical (unpaired) electrons. The molecule has 1 aromatic carbocycles. The average molecular weight is 284 g/mol. The van der Waals surface area contributed by atoms with Crippen molar-refractivity contribution in [1.82, 2.24) is 4.90 Å². The Labute approximate surface area is 120 Å². The van der Waals surface area contributed by atoms with Gasteiger partial charge in [0.1, 0.15) is 0 Å². The van der Waals surface area contributed by atoms with Crippen molar-refractivity contribution in [2.75, 3.05) is 26.3 Å². The molecule has 1 aliphatic rings. The molecule has 0 unspecified atom stereocenters. The van der Waals surface area contributed by atoms with Gasteiger partial charge in [0.2, 0.25) is 0 Å². The number of hydrogen-bond donors (Lipinski definition) is 1. The molecule has 0 spiro atoms. The van der Waals surface area contributed by atoms with Crippen molar-refractivity contribution in [1.29, 1.82) is 0 Å². The van der Waals surface area contributed by atoms with Gasteiger partial charge in [-0.05, 0) is 30.9 Å². The second-order valence-corrected chi connectivity index (χ2v) is 5.42. The summed E-state index contributed by atoms with van der Waals surface area (Å²) in [6, 6.07) is 8.03. The molecule has 0 amide bonds. The lowest BCUT2D eigenvalue weighted by Gasteiger charge is -2.32. The first-order valence-corrected chi connectivity index (χ1v) is 7.35. The highest BCUT2D eigenvalue weighted by Gasteiger charge is 2.19. The van der Waals surface area contributed by atoms with E-state index in [-0.39, 0.29) is 6.61 Å². The van der Waals surface area contributed by atoms with Gasteiger partial charge in [-0.15, -0.1) is 0 Å². The Balaban J connectivity index is 1.73. The molecule has 1 N–H and O–H groups in total. The number of likely N-dealkylation sites (tertiary alicyclic amines) is 1. The predicted molar refractivity (Wildman–Crippen MR) is 77.4 cm³/mol. The molecular weight excluding hydrogens is 262 g/mol. The minimum absolute atomic E-state index is 0.214. The van der Waals surface area contributed by atoms with Gasteiger partial charge in [-0.3, -0.25) is 4.90 Å². The average Bonchev–Trinajstić information content (AvgIpc) is 2.44. The highest BCUT2D eigenvalue weighted by Crippen LogP contribution is 2.20. The van der Waals surface area contributed by atoms with Crippen LogP contribution in [-0.2, 0) is 11.3 Å². The molecule has 0 aliphatic carbocycles. The summed E-state index contributed by atoms with van der Waals surface area (Å²) in [7, 11) is 0. The van der Waals surface area contributed by atoms with E-state index in [4.69, 9.17) is 21.4 Å². The molecule has 1 aliphatic heterocycles. The summed E-state index contributed by atoms with van der Waals surface area (Å²) < 4.78 is 5.73. The van der Waals surface area contributed by atoms with Crippen molar-refractivity contribution < 1.29 is 9.84 Å². The van der Waals surface area contributed by atoms with Crippen molar-refractivity contribution in [3.05, 3.63) is 34.9 Å². The SMILES string of the molecule is OCCCOC1CCN(Cc2ccccc2Cl)CC1. The summed E-state index contributed by atoms with van der Waals surface area (Å²) >= 11 is 6.18. The lowest BCUT2D eigenvalue weighted by Crippen LogP contribution is -2.36. The zero-order chi connectivity index (χ0) is 13.5. The van der Waals surface area contributed by atoms with Crippen LogP contribution < -0.4 is 0 Å². The predicted octanol–water partition coefficient (Wildman–Crippen LogP) is 2.70. The fourth-order valence-corrected chi connectivity index (χ4v) is 2.61. The van der Waals surface area contributed by atoms with Crippen LogP contribution >= 0.6 is 11.6 Å². The molecule has 1 fully saturated rings. The Morgan fingerprint density at radius 1 is 1.26 bits per heavy atom. The number of aliphatic hydroxyl groups excluding tert-OH is 1. The molecule has 19 heavy (non-hydrogen) atoms. The van der Waals surface area contributed by atoms with E-state index in [1.807, 2.05) is 18.2 Å². The molecule has 3 nitrogen and oxygen atoms in total. The van der Waals surface area contributed by atoms with Gasteiger partial charge in [0, 0.05) is 37.9 Å². The van der Waals surface area contributed by atoms with Crippen LogP contribution in [0.15, 0.2) is 24.3 Å². The Morgan fingerprint density at radius 3 is 2.68 bits per heavy atom. The third-order valence-electron chi connectivity index (χ3n) is 3.54. The Bertz CT molecular complexity index is 378. The number of hydrogen-bond acceptors (Lipinski definition) is 3. The maximum Gasteiger partial charge on any atom is 0.0599 e. The van der Waals surface area contributed by atoms with Crippen molar-refractivity contribution in [3.8, 4) is 0 Å². The Morgan fingerprint density at radius 2 is 2.00 bits per heavy atom. The van der Waals surface area contributed by atoms with Crippen LogP contribution in [0.2, 0.25) is 5.02 Å². The summed E-state index contributed by atoms with van der Waals surface area (Å²) in [5.41, 5.74) is 1.20. The molecular formula is C15H22ClNO2. The van der Waals surface area contributed by atoms with Crippen LogP contribution in [0.25, 0.3) is 0 Å². The third-order valence-corrected chi connectivity index (χ3v) is 3.91. The second-order valence-electron chi connectivity index (χ2n) is 5.01. The Hall–Kier alpha value is -0.610. The molecule has 0 atom stereocenters. The van der Waals surface area contributed by atoms with Gasteiger partial charge < -0.3 is 9.84 Å². The van der Waals surface area contributed by atoms with Crippen molar-refractivity contribution in [3.63, 3.8) is 0 Å². The minimum atomic E-state index is 0.214.